The van der Waals surface area contributed by atoms with Gasteiger partial charge in [-0.15, -0.1) is 0 Å². The van der Waals surface area contributed by atoms with Gasteiger partial charge in [-0.05, 0) is 43.2 Å². The number of pyridine rings is 1. The van der Waals surface area contributed by atoms with Crippen molar-refractivity contribution in [3.63, 3.8) is 0 Å². The van der Waals surface area contributed by atoms with E-state index in [2.05, 4.69) is 9.72 Å². The van der Waals surface area contributed by atoms with Gasteiger partial charge in [0.15, 0.2) is 0 Å². The molecule has 0 saturated heterocycles. The standard InChI is InChI=1S/C19H17F3N2O4S/c1-28-18(25)9-5-6-13-12-15-16(10-11-17(23-15)19(20,21)22)24(13)29(26,27)14-7-3-2-4-8-14/h2-4,7-8,10-12H,5-6,9H2,1H3. The number of hydrogen-bond donors (Lipinski definition) is 0. The summed E-state index contributed by atoms with van der Waals surface area (Å²) >= 11 is 0. The molecule has 0 unspecified atom stereocenters. The lowest BCUT2D eigenvalue weighted by Gasteiger charge is -2.12. The van der Waals surface area contributed by atoms with Gasteiger partial charge in [0, 0.05) is 12.1 Å². The summed E-state index contributed by atoms with van der Waals surface area (Å²) in [4.78, 5) is 14.9. The first kappa shape index (κ1) is 20.8. The third kappa shape index (κ3) is 4.26. The molecule has 3 rings (SSSR count). The van der Waals surface area contributed by atoms with Gasteiger partial charge in [-0.1, -0.05) is 18.2 Å². The second kappa shape index (κ2) is 7.86. The number of esters is 1. The van der Waals surface area contributed by atoms with E-state index in [0.29, 0.717) is 0 Å². The summed E-state index contributed by atoms with van der Waals surface area (Å²) in [5.41, 5.74) is -0.928. The highest BCUT2D eigenvalue weighted by Crippen LogP contribution is 2.31. The zero-order chi connectivity index (χ0) is 21.2. The molecule has 6 nitrogen and oxygen atoms in total. The number of hydrogen-bond acceptors (Lipinski definition) is 5. The number of ether oxygens (including phenoxy) is 1. The van der Waals surface area contributed by atoms with Crippen molar-refractivity contribution in [2.45, 2.75) is 30.3 Å². The Morgan fingerprint density at radius 3 is 2.45 bits per heavy atom. The molecule has 3 aromatic rings. The SMILES string of the molecule is COC(=O)CCCc1cc2nc(C(F)(F)F)ccc2n1S(=O)(=O)c1ccccc1. The molecule has 2 aromatic heterocycles. The van der Waals surface area contributed by atoms with Gasteiger partial charge < -0.3 is 4.74 Å². The average Bonchev–Trinajstić information content (AvgIpc) is 3.06. The van der Waals surface area contributed by atoms with Gasteiger partial charge in [-0.25, -0.2) is 17.4 Å². The van der Waals surface area contributed by atoms with Crippen LogP contribution in [-0.4, -0.2) is 30.5 Å². The number of nitrogens with zero attached hydrogens (tertiary/aromatic N) is 2. The fraction of sp³-hybridized carbons (Fsp3) is 0.263. The van der Waals surface area contributed by atoms with E-state index in [1.165, 1.54) is 25.3 Å². The van der Waals surface area contributed by atoms with E-state index >= 15 is 0 Å². The van der Waals surface area contributed by atoms with Crippen LogP contribution in [0.5, 0.6) is 0 Å². The van der Waals surface area contributed by atoms with Gasteiger partial charge in [0.25, 0.3) is 10.0 Å². The lowest BCUT2D eigenvalue weighted by molar-refractivity contribution is -0.141. The molecule has 0 aliphatic rings. The van der Waals surface area contributed by atoms with E-state index in [1.807, 2.05) is 0 Å². The number of halogens is 3. The van der Waals surface area contributed by atoms with Crippen molar-refractivity contribution in [2.75, 3.05) is 7.11 Å². The van der Waals surface area contributed by atoms with Gasteiger partial charge >= 0.3 is 12.1 Å². The van der Waals surface area contributed by atoms with Crippen molar-refractivity contribution >= 4 is 27.0 Å². The van der Waals surface area contributed by atoms with E-state index in [1.54, 1.807) is 18.2 Å². The Labute approximate surface area is 165 Å². The van der Waals surface area contributed by atoms with Crippen molar-refractivity contribution in [3.8, 4) is 0 Å². The fourth-order valence-corrected chi connectivity index (χ4v) is 4.52. The van der Waals surface area contributed by atoms with Crippen LogP contribution < -0.4 is 0 Å². The summed E-state index contributed by atoms with van der Waals surface area (Å²) in [5, 5.41) is 0. The molecule has 0 atom stereocenters. The molecule has 2 heterocycles. The van der Waals surface area contributed by atoms with Gasteiger partial charge in [0.2, 0.25) is 0 Å². The number of alkyl halides is 3. The van der Waals surface area contributed by atoms with E-state index in [9.17, 15) is 26.4 Å². The van der Waals surface area contributed by atoms with Gasteiger partial charge in [0.1, 0.15) is 5.69 Å². The minimum atomic E-state index is -4.65. The highest BCUT2D eigenvalue weighted by Gasteiger charge is 2.33. The Morgan fingerprint density at radius 1 is 1.14 bits per heavy atom. The maximum absolute atomic E-state index is 13.2. The van der Waals surface area contributed by atoms with Crippen molar-refractivity contribution in [3.05, 3.63) is 59.9 Å². The van der Waals surface area contributed by atoms with Crippen LogP contribution in [0.4, 0.5) is 13.2 Å². The number of rotatable bonds is 6. The minimum absolute atomic E-state index is 0.00776. The molecule has 0 aliphatic heterocycles. The highest BCUT2D eigenvalue weighted by molar-refractivity contribution is 7.90. The molecule has 0 spiro atoms. The normalized spacial score (nSPS) is 12.3. The van der Waals surface area contributed by atoms with Crippen LogP contribution in [0, 0.1) is 0 Å². The fourth-order valence-electron chi connectivity index (χ4n) is 2.95. The number of aromatic nitrogens is 2. The Morgan fingerprint density at radius 2 is 1.83 bits per heavy atom. The average molecular weight is 426 g/mol. The van der Waals surface area contributed by atoms with Crippen molar-refractivity contribution in [2.24, 2.45) is 0 Å². The zero-order valence-corrected chi connectivity index (χ0v) is 16.1. The highest BCUT2D eigenvalue weighted by atomic mass is 32.2. The lowest BCUT2D eigenvalue weighted by atomic mass is 10.2. The smallest absolute Gasteiger partial charge is 0.433 e. The molecule has 0 fully saturated rings. The number of carbonyl (C=O) groups excluding carboxylic acids is 1. The minimum Gasteiger partial charge on any atom is -0.469 e. The summed E-state index contributed by atoms with van der Waals surface area (Å²) in [6, 6.07) is 10.7. The second-order valence-electron chi connectivity index (χ2n) is 6.25. The molecule has 0 N–H and O–H groups in total. The Bertz CT molecular complexity index is 1140. The first-order valence-electron chi connectivity index (χ1n) is 8.60. The molecule has 0 radical (unpaired) electrons. The summed E-state index contributed by atoms with van der Waals surface area (Å²) in [6.07, 6.45) is -4.21. The van der Waals surface area contributed by atoms with Crippen LogP contribution in [0.25, 0.3) is 11.0 Å². The maximum Gasteiger partial charge on any atom is 0.433 e. The van der Waals surface area contributed by atoms with E-state index in [0.717, 1.165) is 16.1 Å². The first-order valence-corrected chi connectivity index (χ1v) is 10.0. The molecule has 0 saturated carbocycles. The Kier molecular flexibility index (Phi) is 5.65. The van der Waals surface area contributed by atoms with Crippen molar-refractivity contribution in [1.82, 2.24) is 8.96 Å². The van der Waals surface area contributed by atoms with E-state index in [4.69, 9.17) is 0 Å². The van der Waals surface area contributed by atoms with Gasteiger partial charge in [0.05, 0.1) is 23.0 Å². The summed E-state index contributed by atoms with van der Waals surface area (Å²) in [7, 11) is -2.84. The summed E-state index contributed by atoms with van der Waals surface area (Å²) < 4.78 is 71.0. The Hall–Kier alpha value is -2.88. The largest absolute Gasteiger partial charge is 0.469 e. The molecule has 1 aromatic carbocycles. The number of aryl methyl sites for hydroxylation is 1. The molecule has 154 valence electrons. The quantitative estimate of drug-likeness (QED) is 0.561. The van der Waals surface area contributed by atoms with E-state index < -0.39 is 27.9 Å². The predicted molar refractivity (Wildman–Crippen MR) is 98.7 cm³/mol. The van der Waals surface area contributed by atoms with Crippen molar-refractivity contribution in [1.29, 1.82) is 0 Å². The van der Waals surface area contributed by atoms with Crippen LogP contribution in [0.1, 0.15) is 24.2 Å². The number of methoxy groups -OCH3 is 1. The van der Waals surface area contributed by atoms with Crippen molar-refractivity contribution < 1.29 is 31.1 Å². The monoisotopic (exact) mass is 426 g/mol. The predicted octanol–water partition coefficient (Wildman–Crippen LogP) is 3.79. The van der Waals surface area contributed by atoms with E-state index in [-0.39, 0.29) is 40.9 Å². The molecule has 10 heteroatoms. The van der Waals surface area contributed by atoms with Gasteiger partial charge in [-0.3, -0.25) is 4.79 Å². The third-order valence-corrected chi connectivity index (χ3v) is 6.08. The lowest BCUT2D eigenvalue weighted by Crippen LogP contribution is -2.16. The molecular formula is C19H17F3N2O4S. The molecule has 29 heavy (non-hydrogen) atoms. The van der Waals surface area contributed by atoms with Crippen LogP contribution in [0.2, 0.25) is 0 Å². The van der Waals surface area contributed by atoms with Crippen LogP contribution >= 0.6 is 0 Å². The summed E-state index contributed by atoms with van der Waals surface area (Å²) in [6.45, 7) is 0. The van der Waals surface area contributed by atoms with Gasteiger partial charge in [-0.2, -0.15) is 13.2 Å². The number of carbonyl (C=O) groups is 1. The molecule has 0 bridgehead atoms. The molecule has 0 amide bonds. The maximum atomic E-state index is 13.2. The molecule has 0 aliphatic carbocycles. The summed E-state index contributed by atoms with van der Waals surface area (Å²) in [5.74, 6) is -0.462. The first-order chi connectivity index (χ1) is 13.6. The number of benzene rings is 1. The Balaban J connectivity index is 2.14. The molecular weight excluding hydrogens is 409 g/mol. The topological polar surface area (TPSA) is 78.3 Å². The zero-order valence-electron chi connectivity index (χ0n) is 15.3. The number of fused-ring (bicyclic) bond motifs is 1. The third-order valence-electron chi connectivity index (χ3n) is 4.30. The van der Waals surface area contributed by atoms with Crippen LogP contribution in [-0.2, 0) is 32.2 Å². The van der Waals surface area contributed by atoms with Crippen LogP contribution in [0.15, 0.2) is 53.4 Å². The second-order valence-corrected chi connectivity index (χ2v) is 8.03. The van der Waals surface area contributed by atoms with Crippen LogP contribution in [0.3, 0.4) is 0 Å².